The highest BCUT2D eigenvalue weighted by Crippen LogP contribution is 2.42. The highest BCUT2D eigenvalue weighted by molar-refractivity contribution is 8.13. The zero-order valence-corrected chi connectivity index (χ0v) is 29.8. The molecular formula is C39H49NO7S. The van der Waals surface area contributed by atoms with E-state index in [9.17, 15) is 24.3 Å². The Balaban J connectivity index is 1.27. The number of aromatic hydroxyl groups is 1. The summed E-state index contributed by atoms with van der Waals surface area (Å²) < 4.78 is 10.3. The smallest absolute Gasteiger partial charge is 0.305 e. The van der Waals surface area contributed by atoms with Crippen molar-refractivity contribution in [1.29, 1.82) is 0 Å². The van der Waals surface area contributed by atoms with E-state index < -0.39 is 11.9 Å². The maximum absolute atomic E-state index is 12.7. The third kappa shape index (κ3) is 13.2. The summed E-state index contributed by atoms with van der Waals surface area (Å²) in [4.78, 5) is 49.9. The summed E-state index contributed by atoms with van der Waals surface area (Å²) in [5, 5.41) is 13.7. The van der Waals surface area contributed by atoms with Crippen molar-refractivity contribution >= 4 is 40.4 Å². The van der Waals surface area contributed by atoms with Crippen LogP contribution in [0, 0.1) is 0 Å². The standard InChI is InChI=1S/C39H49NO7S/c1-38(2,3)31-25-30(26-32(37(31)45)39(4,5)6)48-36(44)17-11-16-35(43)47-23-22-46-34(42)15-10-14-33(41)40-29-20-18-28(19-21-29)24-27-12-8-7-9-13-27/h7-9,12-13,18-21,25-26,45H,10-11,14-17,22-24H2,1-6H3,(H,40,41). The maximum atomic E-state index is 12.7. The fraction of sp³-hybridized carbons (Fsp3) is 0.436. The Bertz CT molecular complexity index is 1500. The summed E-state index contributed by atoms with van der Waals surface area (Å²) in [5.74, 6) is -0.856. The number of carbonyl (C=O) groups is 4. The van der Waals surface area contributed by atoms with Gasteiger partial charge in [0.25, 0.3) is 0 Å². The number of phenols is 1. The number of amides is 1. The molecule has 2 N–H and O–H groups in total. The van der Waals surface area contributed by atoms with Gasteiger partial charge in [-0.3, -0.25) is 19.2 Å². The molecule has 48 heavy (non-hydrogen) atoms. The molecule has 3 aromatic rings. The van der Waals surface area contributed by atoms with Gasteiger partial charge in [-0.15, -0.1) is 0 Å². The lowest BCUT2D eigenvalue weighted by Gasteiger charge is -2.28. The minimum absolute atomic E-state index is 0.0706. The Labute approximate surface area is 289 Å². The molecule has 1 amide bonds. The number of ether oxygens (including phenoxy) is 2. The molecule has 0 fully saturated rings. The molecule has 3 aromatic carbocycles. The van der Waals surface area contributed by atoms with Gasteiger partial charge in [-0.1, -0.05) is 95.8 Å². The van der Waals surface area contributed by atoms with Crippen LogP contribution in [-0.4, -0.2) is 41.3 Å². The van der Waals surface area contributed by atoms with E-state index in [-0.39, 0.29) is 66.5 Å². The van der Waals surface area contributed by atoms with Crippen LogP contribution in [0.4, 0.5) is 5.69 Å². The molecule has 0 aliphatic heterocycles. The van der Waals surface area contributed by atoms with Crippen LogP contribution in [0.2, 0.25) is 0 Å². The lowest BCUT2D eigenvalue weighted by Crippen LogP contribution is -2.17. The molecule has 0 radical (unpaired) electrons. The van der Waals surface area contributed by atoms with Crippen molar-refractivity contribution in [2.24, 2.45) is 0 Å². The Kier molecular flexibility index (Phi) is 14.3. The van der Waals surface area contributed by atoms with E-state index >= 15 is 0 Å². The van der Waals surface area contributed by atoms with Gasteiger partial charge < -0.3 is 19.9 Å². The highest BCUT2D eigenvalue weighted by atomic mass is 32.2. The Hall–Kier alpha value is -4.11. The molecule has 0 spiro atoms. The van der Waals surface area contributed by atoms with Crippen LogP contribution in [-0.2, 0) is 45.9 Å². The molecule has 0 saturated carbocycles. The van der Waals surface area contributed by atoms with Gasteiger partial charge in [0.05, 0.1) is 0 Å². The monoisotopic (exact) mass is 675 g/mol. The number of hydrogen-bond acceptors (Lipinski definition) is 8. The molecule has 0 aliphatic rings. The van der Waals surface area contributed by atoms with Crippen molar-refractivity contribution in [1.82, 2.24) is 0 Å². The van der Waals surface area contributed by atoms with Crippen molar-refractivity contribution < 1.29 is 33.8 Å². The first-order valence-electron chi connectivity index (χ1n) is 16.4. The van der Waals surface area contributed by atoms with Gasteiger partial charge in [0.2, 0.25) is 5.91 Å². The van der Waals surface area contributed by atoms with Crippen molar-refractivity contribution in [2.45, 2.75) is 102 Å². The number of carbonyl (C=O) groups excluding carboxylic acids is 4. The predicted molar refractivity (Wildman–Crippen MR) is 190 cm³/mol. The summed E-state index contributed by atoms with van der Waals surface area (Å²) in [6, 6.07) is 21.6. The lowest BCUT2D eigenvalue weighted by molar-refractivity contribution is -0.152. The first-order valence-corrected chi connectivity index (χ1v) is 17.3. The van der Waals surface area contributed by atoms with E-state index in [1.807, 2.05) is 96.1 Å². The van der Waals surface area contributed by atoms with Crippen LogP contribution >= 0.6 is 11.8 Å². The fourth-order valence-corrected chi connectivity index (χ4v) is 5.84. The van der Waals surface area contributed by atoms with Gasteiger partial charge in [-0.05, 0) is 65.5 Å². The molecule has 3 rings (SSSR count). The Morgan fingerprint density at radius 1 is 0.688 bits per heavy atom. The van der Waals surface area contributed by atoms with Crippen molar-refractivity contribution in [3.05, 3.63) is 89.0 Å². The first-order chi connectivity index (χ1) is 22.6. The highest BCUT2D eigenvalue weighted by Gasteiger charge is 2.27. The number of rotatable bonds is 15. The molecule has 0 atom stereocenters. The van der Waals surface area contributed by atoms with Crippen LogP contribution in [0.5, 0.6) is 5.75 Å². The quantitative estimate of drug-likeness (QED) is 0.0939. The number of esters is 2. The second-order valence-corrected chi connectivity index (χ2v) is 15.0. The van der Waals surface area contributed by atoms with Gasteiger partial charge >= 0.3 is 11.9 Å². The molecule has 8 nitrogen and oxygen atoms in total. The molecule has 0 unspecified atom stereocenters. The topological polar surface area (TPSA) is 119 Å². The first kappa shape index (κ1) is 38.3. The van der Waals surface area contributed by atoms with E-state index in [0.717, 1.165) is 39.8 Å². The molecule has 0 aliphatic carbocycles. The third-order valence-electron chi connectivity index (χ3n) is 7.58. The predicted octanol–water partition coefficient (Wildman–Crippen LogP) is 8.26. The number of phenolic OH excluding ortho intramolecular Hbond substituents is 1. The van der Waals surface area contributed by atoms with Gasteiger partial charge in [-0.25, -0.2) is 0 Å². The normalized spacial score (nSPS) is 11.5. The van der Waals surface area contributed by atoms with Gasteiger partial charge in [0.1, 0.15) is 19.0 Å². The minimum atomic E-state index is -0.469. The second-order valence-electron chi connectivity index (χ2n) is 13.9. The minimum Gasteiger partial charge on any atom is -0.507 e. The van der Waals surface area contributed by atoms with Crippen LogP contribution in [0.15, 0.2) is 71.6 Å². The maximum Gasteiger partial charge on any atom is 0.305 e. The van der Waals surface area contributed by atoms with Crippen LogP contribution in [0.1, 0.15) is 102 Å². The lowest BCUT2D eigenvalue weighted by atomic mass is 9.79. The van der Waals surface area contributed by atoms with Crippen LogP contribution in [0.25, 0.3) is 0 Å². The zero-order chi connectivity index (χ0) is 35.3. The third-order valence-corrected chi connectivity index (χ3v) is 8.48. The second kappa shape index (κ2) is 17.9. The van der Waals surface area contributed by atoms with Crippen molar-refractivity contribution in [2.75, 3.05) is 18.5 Å². The Morgan fingerprint density at radius 2 is 1.19 bits per heavy atom. The zero-order valence-electron chi connectivity index (χ0n) is 29.0. The molecule has 0 heterocycles. The number of thioether (sulfide) groups is 1. The van der Waals surface area contributed by atoms with Gasteiger partial charge in [0, 0.05) is 47.4 Å². The van der Waals surface area contributed by atoms with Crippen LogP contribution < -0.4 is 5.32 Å². The summed E-state index contributed by atoms with van der Waals surface area (Å²) in [6.07, 6.45) is 2.00. The van der Waals surface area contributed by atoms with E-state index in [2.05, 4.69) is 17.4 Å². The van der Waals surface area contributed by atoms with Crippen molar-refractivity contribution in [3.8, 4) is 5.75 Å². The average Bonchev–Trinajstić information content (AvgIpc) is 3.00. The average molecular weight is 676 g/mol. The SMILES string of the molecule is CC(C)(C)c1cc(SC(=O)CCCC(=O)OCCOC(=O)CCCC(=O)Nc2ccc(Cc3ccccc3)cc2)cc(C(C)(C)C)c1O. The molecule has 0 aromatic heterocycles. The van der Waals surface area contributed by atoms with E-state index in [4.69, 9.17) is 9.47 Å². The van der Waals surface area contributed by atoms with Crippen molar-refractivity contribution in [3.63, 3.8) is 0 Å². The Morgan fingerprint density at radius 3 is 1.71 bits per heavy atom. The summed E-state index contributed by atoms with van der Waals surface area (Å²) >= 11 is 1.11. The molecular weight excluding hydrogens is 626 g/mol. The largest absolute Gasteiger partial charge is 0.507 e. The molecule has 258 valence electrons. The van der Waals surface area contributed by atoms with E-state index in [0.29, 0.717) is 18.5 Å². The fourth-order valence-electron chi connectivity index (χ4n) is 4.98. The van der Waals surface area contributed by atoms with Crippen LogP contribution in [0.3, 0.4) is 0 Å². The number of hydrogen-bond donors (Lipinski definition) is 2. The number of benzene rings is 3. The molecule has 9 heteroatoms. The molecule has 0 bridgehead atoms. The van der Waals surface area contributed by atoms with E-state index in [1.165, 1.54) is 5.56 Å². The van der Waals surface area contributed by atoms with E-state index in [1.54, 1.807) is 0 Å². The van der Waals surface area contributed by atoms with Gasteiger partial charge in [-0.2, -0.15) is 0 Å². The number of anilines is 1. The molecule has 0 saturated heterocycles. The van der Waals surface area contributed by atoms with Gasteiger partial charge in [0.15, 0.2) is 5.12 Å². The number of nitrogens with one attached hydrogen (secondary N) is 1. The summed E-state index contributed by atoms with van der Waals surface area (Å²) in [5.41, 5.74) is 4.05. The summed E-state index contributed by atoms with van der Waals surface area (Å²) in [7, 11) is 0. The summed E-state index contributed by atoms with van der Waals surface area (Å²) in [6.45, 7) is 12.0.